The van der Waals surface area contributed by atoms with Gasteiger partial charge in [0.05, 0.1) is 13.2 Å². The van der Waals surface area contributed by atoms with E-state index in [-0.39, 0.29) is 25.6 Å². The standard InChI is InChI=1S/C18H26N4O4/c1-3-26-18(25)20(2)14-16(23)19-13-17(24)22-11-9-21(10-12-22)15-7-5-4-6-8-15/h4-8H,3,9-14H2,1-2H3,(H,19,23). The quantitative estimate of drug-likeness (QED) is 0.799. The molecule has 1 saturated heterocycles. The number of ether oxygens (including phenoxy) is 1. The number of benzene rings is 1. The Kier molecular flexibility index (Phi) is 7.25. The highest BCUT2D eigenvalue weighted by molar-refractivity contribution is 5.87. The number of rotatable bonds is 6. The fraction of sp³-hybridized carbons (Fsp3) is 0.500. The van der Waals surface area contributed by atoms with Crippen LogP contribution in [0.1, 0.15) is 6.92 Å². The maximum atomic E-state index is 12.3. The molecule has 1 aliphatic heterocycles. The Morgan fingerprint density at radius 3 is 2.38 bits per heavy atom. The van der Waals surface area contributed by atoms with Gasteiger partial charge in [0.15, 0.2) is 0 Å². The van der Waals surface area contributed by atoms with Gasteiger partial charge in [0, 0.05) is 38.9 Å². The largest absolute Gasteiger partial charge is 0.450 e. The smallest absolute Gasteiger partial charge is 0.409 e. The van der Waals surface area contributed by atoms with Crippen LogP contribution >= 0.6 is 0 Å². The molecule has 0 atom stereocenters. The van der Waals surface area contributed by atoms with Crippen molar-refractivity contribution >= 4 is 23.6 Å². The molecule has 0 aromatic heterocycles. The molecule has 26 heavy (non-hydrogen) atoms. The van der Waals surface area contributed by atoms with E-state index >= 15 is 0 Å². The fourth-order valence-corrected chi connectivity index (χ4v) is 2.71. The molecule has 1 aromatic rings. The Balaban J connectivity index is 1.70. The summed E-state index contributed by atoms with van der Waals surface area (Å²) in [5, 5.41) is 2.56. The van der Waals surface area contributed by atoms with Crippen molar-refractivity contribution in [3.63, 3.8) is 0 Å². The van der Waals surface area contributed by atoms with Crippen LogP contribution < -0.4 is 10.2 Å². The molecule has 1 fully saturated rings. The average molecular weight is 362 g/mol. The third-order valence-corrected chi connectivity index (χ3v) is 4.15. The van der Waals surface area contributed by atoms with Gasteiger partial charge in [0.1, 0.15) is 6.54 Å². The van der Waals surface area contributed by atoms with Crippen LogP contribution in [-0.4, -0.2) is 80.6 Å². The van der Waals surface area contributed by atoms with Gasteiger partial charge in [0.25, 0.3) is 0 Å². The molecule has 8 heteroatoms. The predicted octanol–water partition coefficient (Wildman–Crippen LogP) is 0.540. The average Bonchev–Trinajstić information content (AvgIpc) is 2.67. The minimum absolute atomic E-state index is 0.0686. The summed E-state index contributed by atoms with van der Waals surface area (Å²) in [5.74, 6) is -0.512. The van der Waals surface area contributed by atoms with Crippen molar-refractivity contribution in [3.05, 3.63) is 30.3 Å². The molecule has 1 heterocycles. The molecule has 0 radical (unpaired) electrons. The van der Waals surface area contributed by atoms with Crippen molar-refractivity contribution in [3.8, 4) is 0 Å². The van der Waals surface area contributed by atoms with Crippen LogP contribution in [0.2, 0.25) is 0 Å². The lowest BCUT2D eigenvalue weighted by Crippen LogP contribution is -2.51. The van der Waals surface area contributed by atoms with Crippen molar-refractivity contribution in [2.75, 3.05) is 57.8 Å². The lowest BCUT2D eigenvalue weighted by atomic mass is 10.2. The maximum Gasteiger partial charge on any atom is 0.409 e. The fourth-order valence-electron chi connectivity index (χ4n) is 2.71. The van der Waals surface area contributed by atoms with E-state index in [0.29, 0.717) is 13.1 Å². The molecule has 0 unspecified atom stereocenters. The van der Waals surface area contributed by atoms with Crippen LogP contribution in [-0.2, 0) is 14.3 Å². The van der Waals surface area contributed by atoms with Crippen LogP contribution in [0.3, 0.4) is 0 Å². The van der Waals surface area contributed by atoms with Gasteiger partial charge in [0.2, 0.25) is 11.8 Å². The first-order chi connectivity index (χ1) is 12.5. The van der Waals surface area contributed by atoms with E-state index in [2.05, 4.69) is 22.3 Å². The summed E-state index contributed by atoms with van der Waals surface area (Å²) in [4.78, 5) is 40.7. The first kappa shape index (κ1) is 19.6. The van der Waals surface area contributed by atoms with Gasteiger partial charge in [-0.15, -0.1) is 0 Å². The van der Waals surface area contributed by atoms with Gasteiger partial charge < -0.3 is 24.8 Å². The minimum Gasteiger partial charge on any atom is -0.450 e. The monoisotopic (exact) mass is 362 g/mol. The SMILES string of the molecule is CCOC(=O)N(C)CC(=O)NCC(=O)N1CCN(c2ccccc2)CC1. The molecule has 0 saturated carbocycles. The van der Waals surface area contributed by atoms with Crippen molar-refractivity contribution in [2.45, 2.75) is 6.92 Å². The lowest BCUT2D eigenvalue weighted by Gasteiger charge is -2.36. The van der Waals surface area contributed by atoms with Gasteiger partial charge in [-0.05, 0) is 19.1 Å². The predicted molar refractivity (Wildman–Crippen MR) is 97.9 cm³/mol. The highest BCUT2D eigenvalue weighted by Crippen LogP contribution is 2.15. The first-order valence-corrected chi connectivity index (χ1v) is 8.73. The first-order valence-electron chi connectivity index (χ1n) is 8.73. The molecule has 3 amide bonds. The zero-order valence-corrected chi connectivity index (χ0v) is 15.3. The number of carbonyl (C=O) groups excluding carboxylic acids is 3. The molecule has 2 rings (SSSR count). The Labute approximate surface area is 153 Å². The number of nitrogens with zero attached hydrogens (tertiary/aromatic N) is 3. The van der Waals surface area contributed by atoms with Gasteiger partial charge in [-0.3, -0.25) is 9.59 Å². The Morgan fingerprint density at radius 1 is 1.12 bits per heavy atom. The van der Waals surface area contributed by atoms with Gasteiger partial charge >= 0.3 is 6.09 Å². The molecule has 0 bridgehead atoms. The minimum atomic E-state index is -0.564. The molecule has 142 valence electrons. The van der Waals surface area contributed by atoms with Crippen molar-refractivity contribution in [1.29, 1.82) is 0 Å². The van der Waals surface area contributed by atoms with E-state index in [1.165, 1.54) is 11.9 Å². The molecule has 0 aliphatic carbocycles. The highest BCUT2D eigenvalue weighted by Gasteiger charge is 2.22. The van der Waals surface area contributed by atoms with Crippen LogP contribution in [0.4, 0.5) is 10.5 Å². The van der Waals surface area contributed by atoms with Crippen LogP contribution in [0.15, 0.2) is 30.3 Å². The highest BCUT2D eigenvalue weighted by atomic mass is 16.6. The molecule has 1 aliphatic rings. The van der Waals surface area contributed by atoms with Crippen LogP contribution in [0.25, 0.3) is 0 Å². The summed E-state index contributed by atoms with van der Waals surface area (Å²) < 4.78 is 4.80. The summed E-state index contributed by atoms with van der Waals surface area (Å²) in [6, 6.07) is 10.1. The summed E-state index contributed by atoms with van der Waals surface area (Å²) in [5.41, 5.74) is 1.15. The van der Waals surface area contributed by atoms with Gasteiger partial charge in [-0.2, -0.15) is 0 Å². The van der Waals surface area contributed by atoms with Gasteiger partial charge in [-0.25, -0.2) is 4.79 Å². The Hall–Kier alpha value is -2.77. The number of likely N-dealkylation sites (N-methyl/N-ethyl adjacent to an activating group) is 1. The van der Waals surface area contributed by atoms with E-state index in [4.69, 9.17) is 4.74 Å². The van der Waals surface area contributed by atoms with Crippen LogP contribution in [0, 0.1) is 0 Å². The molecule has 1 N–H and O–H groups in total. The number of hydrogen-bond acceptors (Lipinski definition) is 5. The lowest BCUT2D eigenvalue weighted by molar-refractivity contribution is -0.133. The second-order valence-electron chi connectivity index (χ2n) is 6.04. The third-order valence-electron chi connectivity index (χ3n) is 4.15. The van der Waals surface area contributed by atoms with Crippen molar-refractivity contribution in [1.82, 2.24) is 15.1 Å². The van der Waals surface area contributed by atoms with E-state index in [1.54, 1.807) is 11.8 Å². The number of para-hydroxylation sites is 1. The topological polar surface area (TPSA) is 82.2 Å². The number of anilines is 1. The molecule has 1 aromatic carbocycles. The van der Waals surface area contributed by atoms with E-state index in [0.717, 1.165) is 18.8 Å². The number of amides is 3. The zero-order valence-electron chi connectivity index (χ0n) is 15.3. The number of hydrogen-bond donors (Lipinski definition) is 1. The summed E-state index contributed by atoms with van der Waals surface area (Å²) in [6.45, 7) is 4.48. The molecule has 8 nitrogen and oxygen atoms in total. The van der Waals surface area contributed by atoms with Crippen molar-refractivity contribution in [2.24, 2.45) is 0 Å². The summed E-state index contributed by atoms with van der Waals surface area (Å²) in [7, 11) is 1.47. The second kappa shape index (κ2) is 9.65. The van der Waals surface area contributed by atoms with Crippen LogP contribution in [0.5, 0.6) is 0 Å². The number of nitrogens with one attached hydrogen (secondary N) is 1. The normalized spacial score (nSPS) is 13.9. The molecular weight excluding hydrogens is 336 g/mol. The van der Waals surface area contributed by atoms with Gasteiger partial charge in [-0.1, -0.05) is 18.2 Å². The number of piperazine rings is 1. The molecular formula is C18H26N4O4. The zero-order chi connectivity index (χ0) is 18.9. The maximum absolute atomic E-state index is 12.3. The second-order valence-corrected chi connectivity index (χ2v) is 6.04. The molecule has 0 spiro atoms. The van der Waals surface area contributed by atoms with Crippen molar-refractivity contribution < 1.29 is 19.1 Å². The Bertz CT molecular complexity index is 615. The Morgan fingerprint density at radius 2 is 1.77 bits per heavy atom. The van der Waals surface area contributed by atoms with E-state index in [1.807, 2.05) is 18.2 Å². The van der Waals surface area contributed by atoms with E-state index in [9.17, 15) is 14.4 Å². The summed E-state index contributed by atoms with van der Waals surface area (Å²) in [6.07, 6.45) is -0.564. The number of carbonyl (C=O) groups is 3. The third kappa shape index (κ3) is 5.65. The van der Waals surface area contributed by atoms with E-state index < -0.39 is 12.0 Å². The summed E-state index contributed by atoms with van der Waals surface area (Å²) >= 11 is 0.